The zero-order valence-electron chi connectivity index (χ0n) is 13.3. The molecule has 3 fully saturated rings. The van der Waals surface area contributed by atoms with Gasteiger partial charge in [-0.2, -0.15) is 0 Å². The van der Waals surface area contributed by atoms with Crippen molar-refractivity contribution in [1.29, 1.82) is 0 Å². The van der Waals surface area contributed by atoms with Crippen LogP contribution in [0.15, 0.2) is 17.6 Å². The summed E-state index contributed by atoms with van der Waals surface area (Å²) in [6, 6.07) is 2.48. The molecule has 1 unspecified atom stereocenters. The van der Waals surface area contributed by atoms with Crippen LogP contribution in [-0.2, 0) is 0 Å². The molecule has 0 radical (unpaired) electrons. The van der Waals surface area contributed by atoms with E-state index < -0.39 is 0 Å². The predicted octanol–water partition coefficient (Wildman–Crippen LogP) is 3.85. The smallest absolute Gasteiger partial charge is 0.270 e. The van der Waals surface area contributed by atoms with Gasteiger partial charge in [0.1, 0.15) is 5.69 Å². The van der Waals surface area contributed by atoms with Gasteiger partial charge in [0.05, 0.1) is 10.7 Å². The fourth-order valence-electron chi connectivity index (χ4n) is 4.52. The zero-order valence-corrected chi connectivity index (χ0v) is 14.2. The number of carbonyl (C=O) groups excluding carboxylic acids is 1. The molecule has 2 aromatic rings. The van der Waals surface area contributed by atoms with Crippen LogP contribution >= 0.6 is 11.3 Å². The number of amides is 1. The van der Waals surface area contributed by atoms with Crippen LogP contribution in [0, 0.1) is 18.3 Å². The monoisotopic (exact) mass is 327 g/mol. The summed E-state index contributed by atoms with van der Waals surface area (Å²) in [6.07, 6.45) is 8.53. The van der Waals surface area contributed by atoms with Crippen molar-refractivity contribution in [3.63, 3.8) is 0 Å². The number of hydrogen-bond donors (Lipinski definition) is 1. The fourth-order valence-corrected chi connectivity index (χ4v) is 5.14. The highest BCUT2D eigenvalue weighted by atomic mass is 32.1. The maximum absolute atomic E-state index is 12.9. The van der Waals surface area contributed by atoms with Crippen molar-refractivity contribution in [2.45, 2.75) is 45.1 Å². The lowest BCUT2D eigenvalue weighted by Crippen LogP contribution is -2.69. The molecule has 4 nitrogen and oxygen atoms in total. The number of thiazole rings is 1. The number of rotatable bonds is 3. The lowest BCUT2D eigenvalue weighted by molar-refractivity contribution is -0.111. The Hall–Kier alpha value is -1.62. The normalized spacial score (nSPS) is 25.3. The van der Waals surface area contributed by atoms with Gasteiger partial charge in [-0.1, -0.05) is 6.42 Å². The van der Waals surface area contributed by atoms with Gasteiger partial charge >= 0.3 is 0 Å². The number of aromatic nitrogens is 2. The molecule has 5 heteroatoms. The minimum atomic E-state index is 0.178. The third-order valence-corrected chi connectivity index (χ3v) is 6.73. The minimum Gasteiger partial charge on any atom is -0.357 e. The molecule has 1 aliphatic heterocycles. The number of aromatic amines is 1. The Morgan fingerprint density at radius 1 is 1.43 bits per heavy atom. The average molecular weight is 327 g/mol. The molecule has 1 spiro atoms. The van der Waals surface area contributed by atoms with E-state index in [0.29, 0.717) is 17.2 Å². The number of nitrogens with zero attached hydrogens (tertiary/aromatic N) is 2. The van der Waals surface area contributed by atoms with Crippen LogP contribution in [0.1, 0.15) is 47.6 Å². The molecule has 0 aromatic carbocycles. The highest BCUT2D eigenvalue weighted by molar-refractivity contribution is 7.09. The second-order valence-electron chi connectivity index (χ2n) is 7.49. The molecule has 23 heavy (non-hydrogen) atoms. The summed E-state index contributed by atoms with van der Waals surface area (Å²) in [4.78, 5) is 22.7. The lowest BCUT2D eigenvalue weighted by Gasteiger charge is -2.62. The molecule has 3 aliphatic rings. The molecule has 2 saturated carbocycles. The zero-order chi connectivity index (χ0) is 15.6. The molecule has 2 aromatic heterocycles. The minimum absolute atomic E-state index is 0.178. The molecular weight excluding hydrogens is 306 g/mol. The van der Waals surface area contributed by atoms with Gasteiger partial charge < -0.3 is 9.88 Å². The largest absolute Gasteiger partial charge is 0.357 e. The second-order valence-corrected chi connectivity index (χ2v) is 8.55. The molecule has 1 atom stereocenters. The van der Waals surface area contributed by atoms with Gasteiger partial charge in [0.25, 0.3) is 5.91 Å². The van der Waals surface area contributed by atoms with Crippen molar-refractivity contribution in [3.8, 4) is 11.3 Å². The van der Waals surface area contributed by atoms with E-state index in [9.17, 15) is 4.79 Å². The Labute approximate surface area is 139 Å². The van der Waals surface area contributed by atoms with Crippen LogP contribution in [0.5, 0.6) is 0 Å². The Morgan fingerprint density at radius 2 is 2.26 bits per heavy atom. The van der Waals surface area contributed by atoms with Crippen molar-refractivity contribution in [2.75, 3.05) is 6.54 Å². The van der Waals surface area contributed by atoms with Crippen LogP contribution < -0.4 is 0 Å². The van der Waals surface area contributed by atoms with Crippen LogP contribution in [0.4, 0.5) is 0 Å². The van der Waals surface area contributed by atoms with E-state index in [-0.39, 0.29) is 5.91 Å². The van der Waals surface area contributed by atoms with Crippen LogP contribution in [0.25, 0.3) is 11.3 Å². The standard InChI is InChI=1S/C18H21N3OS/c1-11-20-15(9-23-11)13-7-14(19-8-13)17(22)21-10-18(5-2-6-18)16(21)12-3-4-12/h7-9,12,16,19H,2-6,10H2,1H3. The Morgan fingerprint density at radius 3 is 2.87 bits per heavy atom. The van der Waals surface area contributed by atoms with Gasteiger partial charge in [-0.3, -0.25) is 4.79 Å². The maximum atomic E-state index is 12.9. The van der Waals surface area contributed by atoms with Crippen LogP contribution in [0.2, 0.25) is 0 Å². The van der Waals surface area contributed by atoms with Crippen molar-refractivity contribution in [2.24, 2.45) is 11.3 Å². The van der Waals surface area contributed by atoms with Crippen molar-refractivity contribution in [3.05, 3.63) is 28.3 Å². The second kappa shape index (κ2) is 4.69. The third-order valence-electron chi connectivity index (χ3n) is 5.96. The van der Waals surface area contributed by atoms with Gasteiger partial charge in [-0.25, -0.2) is 4.98 Å². The number of hydrogen-bond acceptors (Lipinski definition) is 3. The molecule has 2 aliphatic carbocycles. The molecule has 5 rings (SSSR count). The summed E-state index contributed by atoms with van der Waals surface area (Å²) in [7, 11) is 0. The van der Waals surface area contributed by atoms with Crippen molar-refractivity contribution >= 4 is 17.2 Å². The summed E-state index contributed by atoms with van der Waals surface area (Å²) in [5, 5.41) is 3.10. The van der Waals surface area contributed by atoms with Gasteiger partial charge in [0.15, 0.2) is 0 Å². The highest BCUT2D eigenvalue weighted by Gasteiger charge is 2.61. The number of H-pyrrole nitrogens is 1. The molecule has 1 saturated heterocycles. The molecular formula is C18H21N3OS. The summed E-state index contributed by atoms with van der Waals surface area (Å²) < 4.78 is 0. The van der Waals surface area contributed by atoms with Crippen LogP contribution in [-0.4, -0.2) is 33.4 Å². The Balaban J connectivity index is 1.38. The van der Waals surface area contributed by atoms with Gasteiger partial charge in [-0.05, 0) is 44.6 Å². The van der Waals surface area contributed by atoms with E-state index in [2.05, 4.69) is 14.9 Å². The van der Waals surface area contributed by atoms with Crippen molar-refractivity contribution in [1.82, 2.24) is 14.9 Å². The van der Waals surface area contributed by atoms with E-state index in [1.165, 1.54) is 32.1 Å². The maximum Gasteiger partial charge on any atom is 0.270 e. The number of aryl methyl sites for hydroxylation is 1. The molecule has 1 N–H and O–H groups in total. The number of nitrogens with one attached hydrogen (secondary N) is 1. The Bertz CT molecular complexity index is 769. The first-order valence-corrected chi connectivity index (χ1v) is 9.46. The lowest BCUT2D eigenvalue weighted by atomic mass is 9.56. The van der Waals surface area contributed by atoms with E-state index in [1.807, 2.05) is 24.6 Å². The quantitative estimate of drug-likeness (QED) is 0.931. The van der Waals surface area contributed by atoms with E-state index in [1.54, 1.807) is 11.3 Å². The molecule has 3 heterocycles. The highest BCUT2D eigenvalue weighted by Crippen LogP contribution is 2.59. The van der Waals surface area contributed by atoms with E-state index in [0.717, 1.165) is 28.7 Å². The first-order chi connectivity index (χ1) is 11.2. The molecule has 1 amide bonds. The summed E-state index contributed by atoms with van der Waals surface area (Å²) in [5.74, 6) is 0.946. The van der Waals surface area contributed by atoms with E-state index >= 15 is 0 Å². The fraction of sp³-hybridized carbons (Fsp3) is 0.556. The van der Waals surface area contributed by atoms with Gasteiger partial charge in [0.2, 0.25) is 0 Å². The molecule has 120 valence electrons. The SMILES string of the molecule is Cc1nc(-c2c[nH]c(C(=O)N3CC4(CCC4)C3C3CC3)c2)cs1. The first kappa shape index (κ1) is 13.8. The van der Waals surface area contributed by atoms with E-state index in [4.69, 9.17) is 0 Å². The van der Waals surface area contributed by atoms with Gasteiger partial charge in [0, 0.05) is 35.1 Å². The topological polar surface area (TPSA) is 49.0 Å². The average Bonchev–Trinajstić information content (AvgIpc) is 2.99. The number of likely N-dealkylation sites (tertiary alicyclic amines) is 1. The van der Waals surface area contributed by atoms with Gasteiger partial charge in [-0.15, -0.1) is 11.3 Å². The predicted molar refractivity (Wildman–Crippen MR) is 90.5 cm³/mol. The van der Waals surface area contributed by atoms with Crippen LogP contribution in [0.3, 0.4) is 0 Å². The van der Waals surface area contributed by atoms with Crippen molar-refractivity contribution < 1.29 is 4.79 Å². The third kappa shape index (κ3) is 2.02. The first-order valence-electron chi connectivity index (χ1n) is 8.58. The summed E-state index contributed by atoms with van der Waals surface area (Å²) >= 11 is 1.64. The Kier molecular flexibility index (Phi) is 2.81. The summed E-state index contributed by atoms with van der Waals surface area (Å²) in [6.45, 7) is 2.97. The molecule has 0 bridgehead atoms. The summed E-state index contributed by atoms with van der Waals surface area (Å²) in [5.41, 5.74) is 3.17. The number of carbonyl (C=O) groups is 1.